The van der Waals surface area contributed by atoms with Gasteiger partial charge in [0.2, 0.25) is 0 Å². The minimum Gasteiger partial charge on any atom is -0.406 e. The van der Waals surface area contributed by atoms with Crippen LogP contribution in [0.5, 0.6) is 5.75 Å². The first-order valence-electron chi connectivity index (χ1n) is 6.35. The fourth-order valence-corrected chi connectivity index (χ4v) is 2.00. The monoisotopic (exact) mass is 297 g/mol. The summed E-state index contributed by atoms with van der Waals surface area (Å²) >= 11 is 0. The maximum absolute atomic E-state index is 12.3. The lowest BCUT2D eigenvalue weighted by Gasteiger charge is -2.19. The highest BCUT2D eigenvalue weighted by Gasteiger charge is 2.31. The van der Waals surface area contributed by atoms with Crippen molar-refractivity contribution in [2.75, 3.05) is 6.54 Å². The first kappa shape index (κ1) is 15.2. The van der Waals surface area contributed by atoms with Crippen molar-refractivity contribution in [1.82, 2.24) is 15.5 Å². The van der Waals surface area contributed by atoms with E-state index in [0.29, 0.717) is 12.1 Å². The van der Waals surface area contributed by atoms with Gasteiger partial charge in [0.15, 0.2) is 0 Å². The van der Waals surface area contributed by atoms with Gasteiger partial charge in [-0.15, -0.1) is 13.2 Å². The Kier molecular flexibility index (Phi) is 4.74. The Bertz CT molecular complexity index is 575. The SMILES string of the molecule is CCNC(c1ccnnc1)c1cccc(OC(F)(F)F)c1. The number of ether oxygens (including phenoxy) is 1. The summed E-state index contributed by atoms with van der Waals surface area (Å²) in [5.41, 5.74) is 1.47. The number of hydrogen-bond donors (Lipinski definition) is 1. The zero-order chi connectivity index (χ0) is 15.3. The van der Waals surface area contributed by atoms with E-state index >= 15 is 0 Å². The summed E-state index contributed by atoms with van der Waals surface area (Å²) in [5.74, 6) is -0.245. The van der Waals surface area contributed by atoms with Crippen molar-refractivity contribution in [1.29, 1.82) is 0 Å². The lowest BCUT2D eigenvalue weighted by Crippen LogP contribution is -2.22. The second-order valence-corrected chi connectivity index (χ2v) is 4.29. The number of benzene rings is 1. The molecule has 0 amide bonds. The molecule has 0 spiro atoms. The Morgan fingerprint density at radius 2 is 2.00 bits per heavy atom. The van der Waals surface area contributed by atoms with E-state index in [9.17, 15) is 13.2 Å². The van der Waals surface area contributed by atoms with Crippen molar-refractivity contribution in [3.05, 3.63) is 53.9 Å². The van der Waals surface area contributed by atoms with Crippen molar-refractivity contribution in [3.63, 3.8) is 0 Å². The predicted molar refractivity (Wildman–Crippen MR) is 70.7 cm³/mol. The van der Waals surface area contributed by atoms with E-state index in [1.807, 2.05) is 6.92 Å². The van der Waals surface area contributed by atoms with Crippen LogP contribution >= 0.6 is 0 Å². The number of alkyl halides is 3. The van der Waals surface area contributed by atoms with E-state index in [0.717, 1.165) is 5.56 Å². The van der Waals surface area contributed by atoms with E-state index in [1.165, 1.54) is 24.4 Å². The molecule has 0 fully saturated rings. The predicted octanol–water partition coefficient (Wildman–Crippen LogP) is 3.07. The zero-order valence-corrected chi connectivity index (χ0v) is 11.3. The van der Waals surface area contributed by atoms with Gasteiger partial charge in [0.25, 0.3) is 0 Å². The number of nitrogens with zero attached hydrogens (tertiary/aromatic N) is 2. The highest BCUT2D eigenvalue weighted by Crippen LogP contribution is 2.28. The van der Waals surface area contributed by atoms with Crippen LogP contribution in [0.4, 0.5) is 13.2 Å². The van der Waals surface area contributed by atoms with Gasteiger partial charge in [-0.2, -0.15) is 10.2 Å². The molecule has 7 heteroatoms. The second-order valence-electron chi connectivity index (χ2n) is 4.29. The fourth-order valence-electron chi connectivity index (χ4n) is 2.00. The summed E-state index contributed by atoms with van der Waals surface area (Å²) in [6.45, 7) is 2.56. The molecule has 1 aromatic carbocycles. The second kappa shape index (κ2) is 6.53. The lowest BCUT2D eigenvalue weighted by molar-refractivity contribution is -0.274. The van der Waals surface area contributed by atoms with Gasteiger partial charge in [-0.05, 0) is 35.9 Å². The van der Waals surface area contributed by atoms with Crippen LogP contribution in [-0.4, -0.2) is 23.1 Å². The highest BCUT2D eigenvalue weighted by atomic mass is 19.4. The molecule has 4 nitrogen and oxygen atoms in total. The Morgan fingerprint density at radius 1 is 1.19 bits per heavy atom. The smallest absolute Gasteiger partial charge is 0.406 e. The molecule has 21 heavy (non-hydrogen) atoms. The van der Waals surface area contributed by atoms with Crippen molar-refractivity contribution in [2.45, 2.75) is 19.3 Å². The molecule has 2 aromatic rings. The number of nitrogens with one attached hydrogen (secondary N) is 1. The van der Waals surface area contributed by atoms with Crippen LogP contribution in [0.15, 0.2) is 42.7 Å². The van der Waals surface area contributed by atoms with Gasteiger partial charge in [-0.3, -0.25) is 0 Å². The van der Waals surface area contributed by atoms with Crippen LogP contribution in [0.2, 0.25) is 0 Å². The van der Waals surface area contributed by atoms with Gasteiger partial charge in [-0.25, -0.2) is 0 Å². The molecule has 1 N–H and O–H groups in total. The van der Waals surface area contributed by atoms with Gasteiger partial charge in [0.1, 0.15) is 5.75 Å². The number of halogens is 3. The Hall–Kier alpha value is -2.15. The number of rotatable bonds is 5. The fraction of sp³-hybridized carbons (Fsp3) is 0.286. The van der Waals surface area contributed by atoms with Crippen molar-refractivity contribution in [3.8, 4) is 5.75 Å². The first-order valence-corrected chi connectivity index (χ1v) is 6.35. The molecule has 0 aliphatic rings. The maximum Gasteiger partial charge on any atom is 0.573 e. The molecule has 112 valence electrons. The van der Waals surface area contributed by atoms with Crippen LogP contribution in [-0.2, 0) is 0 Å². The average Bonchev–Trinajstić information content (AvgIpc) is 2.44. The molecule has 0 aliphatic heterocycles. The highest BCUT2D eigenvalue weighted by molar-refractivity contribution is 5.35. The molecule has 0 radical (unpaired) electrons. The largest absolute Gasteiger partial charge is 0.573 e. The van der Waals surface area contributed by atoms with Gasteiger partial charge in [0.05, 0.1) is 12.2 Å². The van der Waals surface area contributed by atoms with Crippen molar-refractivity contribution >= 4 is 0 Å². The van der Waals surface area contributed by atoms with E-state index in [2.05, 4.69) is 20.3 Å². The topological polar surface area (TPSA) is 47.0 Å². The average molecular weight is 297 g/mol. The summed E-state index contributed by atoms with van der Waals surface area (Å²) in [7, 11) is 0. The van der Waals surface area contributed by atoms with E-state index in [4.69, 9.17) is 0 Å². The van der Waals surface area contributed by atoms with Crippen LogP contribution in [0.3, 0.4) is 0 Å². The molecule has 0 saturated heterocycles. The zero-order valence-electron chi connectivity index (χ0n) is 11.3. The van der Waals surface area contributed by atoms with Crippen molar-refractivity contribution < 1.29 is 17.9 Å². The molecular weight excluding hydrogens is 283 g/mol. The van der Waals surface area contributed by atoms with Gasteiger partial charge in [-0.1, -0.05) is 19.1 Å². The summed E-state index contributed by atoms with van der Waals surface area (Å²) in [6.07, 6.45) is -1.59. The van der Waals surface area contributed by atoms with E-state index in [-0.39, 0.29) is 11.8 Å². The number of aromatic nitrogens is 2. The van der Waals surface area contributed by atoms with E-state index in [1.54, 1.807) is 18.3 Å². The van der Waals surface area contributed by atoms with Crippen LogP contribution < -0.4 is 10.1 Å². The molecule has 1 unspecified atom stereocenters. The quantitative estimate of drug-likeness (QED) is 0.921. The molecule has 1 atom stereocenters. The Balaban J connectivity index is 2.31. The van der Waals surface area contributed by atoms with Crippen LogP contribution in [0.1, 0.15) is 24.1 Å². The molecule has 0 aliphatic carbocycles. The third kappa shape index (κ3) is 4.42. The Labute approximate surface area is 120 Å². The normalized spacial score (nSPS) is 13.0. The molecular formula is C14H14F3N3O. The van der Waals surface area contributed by atoms with Crippen LogP contribution in [0, 0.1) is 0 Å². The summed E-state index contributed by atoms with van der Waals surface area (Å²) in [6, 6.07) is 7.37. The minimum absolute atomic E-state index is 0.245. The maximum atomic E-state index is 12.3. The molecule has 0 bridgehead atoms. The minimum atomic E-state index is -4.70. The lowest BCUT2D eigenvalue weighted by atomic mass is 10.0. The van der Waals surface area contributed by atoms with Crippen LogP contribution in [0.25, 0.3) is 0 Å². The van der Waals surface area contributed by atoms with Gasteiger partial charge in [0, 0.05) is 6.20 Å². The van der Waals surface area contributed by atoms with Gasteiger partial charge < -0.3 is 10.1 Å². The summed E-state index contributed by atoms with van der Waals surface area (Å²) in [5, 5.41) is 10.7. The molecule has 1 heterocycles. The summed E-state index contributed by atoms with van der Waals surface area (Å²) in [4.78, 5) is 0. The first-order chi connectivity index (χ1) is 9.99. The third-order valence-electron chi connectivity index (χ3n) is 2.77. The van der Waals surface area contributed by atoms with E-state index < -0.39 is 6.36 Å². The Morgan fingerprint density at radius 3 is 2.62 bits per heavy atom. The standard InChI is InChI=1S/C14H14F3N3O/c1-2-18-13(11-6-7-19-20-9-11)10-4-3-5-12(8-10)21-14(15,16)17/h3-9,13,18H,2H2,1H3. The number of hydrogen-bond acceptors (Lipinski definition) is 4. The van der Waals surface area contributed by atoms with Crippen molar-refractivity contribution in [2.24, 2.45) is 0 Å². The molecule has 2 rings (SSSR count). The van der Waals surface area contributed by atoms with Gasteiger partial charge >= 0.3 is 6.36 Å². The molecule has 1 aromatic heterocycles. The molecule has 0 saturated carbocycles. The third-order valence-corrected chi connectivity index (χ3v) is 2.77. The summed E-state index contributed by atoms with van der Waals surface area (Å²) < 4.78 is 40.8.